The fourth-order valence-corrected chi connectivity index (χ4v) is 3.19. The first-order valence-corrected chi connectivity index (χ1v) is 9.98. The Kier molecular flexibility index (Phi) is 8.37. The monoisotopic (exact) mass is 548 g/mol. The van der Waals surface area contributed by atoms with E-state index >= 15 is 0 Å². The maximum Gasteiger partial charge on any atom is 0.291 e. The minimum absolute atomic E-state index is 0. The maximum atomic E-state index is 12.1. The number of aliphatic imine (C=N–C) groups is 1. The molecule has 1 amide bonds. The van der Waals surface area contributed by atoms with Crippen LogP contribution in [0, 0.1) is 0 Å². The highest BCUT2D eigenvalue weighted by molar-refractivity contribution is 14.0. The van der Waals surface area contributed by atoms with Gasteiger partial charge in [-0.1, -0.05) is 18.2 Å². The van der Waals surface area contributed by atoms with E-state index in [2.05, 4.69) is 20.9 Å². The Balaban J connectivity index is 0.00000289. The molecule has 1 aliphatic rings. The molecule has 1 aliphatic heterocycles. The number of carbonyl (C=O) groups is 1. The van der Waals surface area contributed by atoms with E-state index in [-0.39, 0.29) is 42.4 Å². The number of hydrogen-bond donors (Lipinski definition) is 3. The Morgan fingerprint density at radius 2 is 1.88 bits per heavy atom. The van der Waals surface area contributed by atoms with Gasteiger partial charge in [0.1, 0.15) is 0 Å². The number of rotatable bonds is 7. The molecule has 2 aromatic carbocycles. The minimum Gasteiger partial charge on any atom is -0.459 e. The summed E-state index contributed by atoms with van der Waals surface area (Å²) in [7, 11) is 1.73. The number of anilines is 1. The lowest BCUT2D eigenvalue weighted by atomic mass is 10.1. The molecule has 0 spiro atoms. The van der Waals surface area contributed by atoms with E-state index in [4.69, 9.17) is 13.9 Å². The van der Waals surface area contributed by atoms with Crippen molar-refractivity contribution in [1.82, 2.24) is 10.6 Å². The fourth-order valence-electron chi connectivity index (χ4n) is 3.19. The summed E-state index contributed by atoms with van der Waals surface area (Å²) in [5.74, 6) is 2.27. The average Bonchev–Trinajstić information content (AvgIpc) is 3.48. The first-order chi connectivity index (χ1) is 15.2. The Hall–Kier alpha value is -3.21. The number of nitrogens with one attached hydrogen (secondary N) is 3. The highest BCUT2D eigenvalue weighted by Gasteiger charge is 2.13. The molecule has 1 aromatic heterocycles. The van der Waals surface area contributed by atoms with Gasteiger partial charge in [0, 0.05) is 25.8 Å². The van der Waals surface area contributed by atoms with Crippen LogP contribution < -0.4 is 25.4 Å². The number of amides is 1. The van der Waals surface area contributed by atoms with E-state index in [9.17, 15) is 4.79 Å². The van der Waals surface area contributed by atoms with E-state index < -0.39 is 0 Å². The minimum atomic E-state index is -0.281. The SMILES string of the molecule is CN=C(NCCc1ccc2c(c1)OCO2)NCc1cccc(NC(=O)c2ccco2)c1.I. The van der Waals surface area contributed by atoms with Crippen LogP contribution >= 0.6 is 24.0 Å². The van der Waals surface area contributed by atoms with Crippen LogP contribution in [0.25, 0.3) is 0 Å². The van der Waals surface area contributed by atoms with Crippen LogP contribution in [0.1, 0.15) is 21.7 Å². The summed E-state index contributed by atoms with van der Waals surface area (Å²) in [5, 5.41) is 9.42. The van der Waals surface area contributed by atoms with Gasteiger partial charge in [0.2, 0.25) is 6.79 Å². The summed E-state index contributed by atoms with van der Waals surface area (Å²) in [6.07, 6.45) is 2.30. The Morgan fingerprint density at radius 3 is 2.69 bits per heavy atom. The second-order valence-corrected chi connectivity index (χ2v) is 6.92. The standard InChI is InChI=1S/C23H24N4O4.HI/c1-24-23(25-10-9-16-7-8-19-21(13-16)31-15-30-19)26-14-17-4-2-5-18(12-17)27-22(28)20-6-3-11-29-20;/h2-8,11-13H,9-10,14-15H2,1H3,(H,27,28)(H2,24,25,26);1H. The lowest BCUT2D eigenvalue weighted by Crippen LogP contribution is -2.37. The summed E-state index contributed by atoms with van der Waals surface area (Å²) in [6.45, 7) is 1.56. The predicted octanol–water partition coefficient (Wildman–Crippen LogP) is 3.79. The Morgan fingerprint density at radius 1 is 1.00 bits per heavy atom. The quantitative estimate of drug-likeness (QED) is 0.236. The molecule has 0 bridgehead atoms. The van der Waals surface area contributed by atoms with Gasteiger partial charge in [-0.3, -0.25) is 9.79 Å². The van der Waals surface area contributed by atoms with Crippen LogP contribution in [0.2, 0.25) is 0 Å². The molecule has 3 N–H and O–H groups in total. The molecular weight excluding hydrogens is 523 g/mol. The molecule has 9 heteroatoms. The first-order valence-electron chi connectivity index (χ1n) is 9.98. The van der Waals surface area contributed by atoms with Crippen molar-refractivity contribution in [2.75, 3.05) is 25.7 Å². The number of fused-ring (bicyclic) bond motifs is 1. The number of benzene rings is 2. The van der Waals surface area contributed by atoms with Crippen molar-refractivity contribution in [2.24, 2.45) is 4.99 Å². The molecule has 0 atom stereocenters. The second-order valence-electron chi connectivity index (χ2n) is 6.92. The highest BCUT2D eigenvalue weighted by atomic mass is 127. The molecule has 0 saturated heterocycles. The summed E-state index contributed by atoms with van der Waals surface area (Å²) in [6, 6.07) is 16.9. The number of ether oxygens (including phenoxy) is 2. The number of nitrogens with zero attached hydrogens (tertiary/aromatic N) is 1. The van der Waals surface area contributed by atoms with E-state index in [1.165, 1.54) is 6.26 Å². The smallest absolute Gasteiger partial charge is 0.291 e. The highest BCUT2D eigenvalue weighted by Crippen LogP contribution is 2.32. The maximum absolute atomic E-state index is 12.1. The number of hydrogen-bond acceptors (Lipinski definition) is 5. The number of furan rings is 1. The van der Waals surface area contributed by atoms with E-state index in [1.807, 2.05) is 42.5 Å². The van der Waals surface area contributed by atoms with Gasteiger partial charge in [0.25, 0.3) is 5.91 Å². The van der Waals surface area contributed by atoms with E-state index in [0.29, 0.717) is 18.2 Å². The third-order valence-corrected chi connectivity index (χ3v) is 4.76. The van der Waals surface area contributed by atoms with Gasteiger partial charge in [0.05, 0.1) is 6.26 Å². The van der Waals surface area contributed by atoms with E-state index in [0.717, 1.165) is 35.6 Å². The summed E-state index contributed by atoms with van der Waals surface area (Å²) in [4.78, 5) is 16.4. The van der Waals surface area contributed by atoms with Crippen LogP contribution in [-0.4, -0.2) is 32.3 Å². The third kappa shape index (κ3) is 6.16. The Labute approximate surface area is 203 Å². The fraction of sp³-hybridized carbons (Fsp3) is 0.217. The summed E-state index contributed by atoms with van der Waals surface area (Å²) >= 11 is 0. The van der Waals surface area contributed by atoms with Gasteiger partial charge in [-0.25, -0.2) is 0 Å². The van der Waals surface area contributed by atoms with Crippen LogP contribution in [0.3, 0.4) is 0 Å². The van der Waals surface area contributed by atoms with Gasteiger partial charge < -0.3 is 29.8 Å². The molecule has 0 saturated carbocycles. The van der Waals surface area contributed by atoms with Crippen molar-refractivity contribution < 1.29 is 18.7 Å². The molecule has 3 aromatic rings. The van der Waals surface area contributed by atoms with Crippen molar-refractivity contribution in [3.63, 3.8) is 0 Å². The van der Waals surface area contributed by atoms with Gasteiger partial charge in [-0.15, -0.1) is 24.0 Å². The van der Waals surface area contributed by atoms with E-state index in [1.54, 1.807) is 19.2 Å². The van der Waals surface area contributed by atoms with Gasteiger partial charge >= 0.3 is 0 Å². The van der Waals surface area contributed by atoms with Crippen LogP contribution in [-0.2, 0) is 13.0 Å². The molecular formula is C23H25IN4O4. The van der Waals surface area contributed by atoms with Crippen molar-refractivity contribution >= 4 is 41.5 Å². The summed E-state index contributed by atoms with van der Waals surface area (Å²) in [5.41, 5.74) is 2.87. The lowest BCUT2D eigenvalue weighted by molar-refractivity contribution is 0.0996. The Bertz CT molecular complexity index is 1070. The molecule has 2 heterocycles. The number of guanidine groups is 1. The molecule has 0 radical (unpaired) electrons. The van der Waals surface area contributed by atoms with Crippen LogP contribution in [0.5, 0.6) is 11.5 Å². The van der Waals surface area contributed by atoms with Crippen molar-refractivity contribution in [3.05, 3.63) is 77.7 Å². The van der Waals surface area contributed by atoms with Crippen LogP contribution in [0.15, 0.2) is 70.3 Å². The van der Waals surface area contributed by atoms with Crippen molar-refractivity contribution in [2.45, 2.75) is 13.0 Å². The normalized spacial score (nSPS) is 12.1. The molecule has 0 fully saturated rings. The van der Waals surface area contributed by atoms with Crippen LogP contribution in [0.4, 0.5) is 5.69 Å². The van der Waals surface area contributed by atoms with Crippen molar-refractivity contribution in [1.29, 1.82) is 0 Å². The second kappa shape index (κ2) is 11.4. The van der Waals surface area contributed by atoms with Gasteiger partial charge in [-0.2, -0.15) is 0 Å². The topological polar surface area (TPSA) is 97.1 Å². The molecule has 4 rings (SSSR count). The first kappa shape index (κ1) is 23.5. The zero-order valence-corrected chi connectivity index (χ0v) is 19.9. The largest absolute Gasteiger partial charge is 0.459 e. The molecule has 0 aliphatic carbocycles. The number of carbonyl (C=O) groups excluding carboxylic acids is 1. The molecule has 8 nitrogen and oxygen atoms in total. The zero-order chi connectivity index (χ0) is 21.5. The van der Waals surface area contributed by atoms with Crippen molar-refractivity contribution in [3.8, 4) is 11.5 Å². The average molecular weight is 548 g/mol. The molecule has 168 valence electrons. The third-order valence-electron chi connectivity index (χ3n) is 4.76. The van der Waals surface area contributed by atoms with Gasteiger partial charge in [0.15, 0.2) is 23.2 Å². The summed E-state index contributed by atoms with van der Waals surface area (Å²) < 4.78 is 15.9. The van der Waals surface area contributed by atoms with Gasteiger partial charge in [-0.05, 0) is 53.9 Å². The lowest BCUT2D eigenvalue weighted by Gasteiger charge is -2.13. The number of halogens is 1. The zero-order valence-electron chi connectivity index (χ0n) is 17.6. The molecule has 32 heavy (non-hydrogen) atoms. The molecule has 0 unspecified atom stereocenters. The predicted molar refractivity (Wildman–Crippen MR) is 133 cm³/mol.